The van der Waals surface area contributed by atoms with Crippen molar-refractivity contribution in [2.75, 3.05) is 0 Å². The summed E-state index contributed by atoms with van der Waals surface area (Å²) in [5, 5.41) is 2.21. The second-order valence-electron chi connectivity index (χ2n) is 6.67. The Hall–Kier alpha value is -2.49. The number of thiazole rings is 2. The molecule has 0 spiro atoms. The fourth-order valence-corrected chi connectivity index (χ4v) is 5.72. The lowest BCUT2D eigenvalue weighted by atomic mass is 10.0. The summed E-state index contributed by atoms with van der Waals surface area (Å²) in [6.07, 6.45) is 8.83. The van der Waals surface area contributed by atoms with E-state index in [9.17, 15) is 9.59 Å². The van der Waals surface area contributed by atoms with Crippen LogP contribution >= 0.6 is 34.3 Å². The number of hydrogen-bond acceptors (Lipinski definition) is 7. The summed E-state index contributed by atoms with van der Waals surface area (Å²) in [6, 6.07) is 1.44. The molecule has 0 atom stereocenters. The molecule has 0 aliphatic heterocycles. The van der Waals surface area contributed by atoms with Crippen LogP contribution in [-0.2, 0) is 29.0 Å². The fourth-order valence-electron chi connectivity index (χ4n) is 3.48. The molecule has 7 nitrogen and oxygen atoms in total. The number of carbonyl (C=O) groups is 1. The van der Waals surface area contributed by atoms with Crippen LogP contribution < -0.4 is 5.56 Å². The van der Waals surface area contributed by atoms with Gasteiger partial charge in [-0.1, -0.05) is 11.6 Å². The minimum absolute atomic E-state index is 0.0640. The first-order chi connectivity index (χ1) is 14.1. The van der Waals surface area contributed by atoms with Gasteiger partial charge in [-0.25, -0.2) is 14.8 Å². The van der Waals surface area contributed by atoms with Gasteiger partial charge < -0.3 is 4.74 Å². The van der Waals surface area contributed by atoms with Crippen LogP contribution in [0.4, 0.5) is 0 Å². The number of halogens is 1. The van der Waals surface area contributed by atoms with Gasteiger partial charge in [-0.3, -0.25) is 13.6 Å². The third-order valence-electron chi connectivity index (χ3n) is 4.81. The number of ether oxygens (including phenoxy) is 1. The van der Waals surface area contributed by atoms with Gasteiger partial charge in [0, 0.05) is 34.3 Å². The van der Waals surface area contributed by atoms with Crippen LogP contribution in [0.15, 0.2) is 28.5 Å². The van der Waals surface area contributed by atoms with Crippen molar-refractivity contribution < 1.29 is 9.53 Å². The zero-order chi connectivity index (χ0) is 20.0. The summed E-state index contributed by atoms with van der Waals surface area (Å²) >= 11 is 9.11. The van der Waals surface area contributed by atoms with Crippen LogP contribution in [0.25, 0.3) is 16.0 Å². The van der Waals surface area contributed by atoms with E-state index in [1.807, 2.05) is 11.6 Å². The lowest BCUT2D eigenvalue weighted by molar-refractivity contribution is -0.139. The van der Waals surface area contributed by atoms with Crippen molar-refractivity contribution >= 4 is 56.2 Å². The van der Waals surface area contributed by atoms with Gasteiger partial charge in [0.05, 0.1) is 11.4 Å². The number of rotatable bonds is 4. The molecule has 148 valence electrons. The van der Waals surface area contributed by atoms with E-state index in [4.69, 9.17) is 16.3 Å². The third kappa shape index (κ3) is 3.39. The van der Waals surface area contributed by atoms with Crippen LogP contribution in [0.5, 0.6) is 0 Å². The maximum absolute atomic E-state index is 12.5. The Morgan fingerprint density at radius 2 is 2.14 bits per heavy atom. The molecule has 0 unspecified atom stereocenters. The highest BCUT2D eigenvalue weighted by atomic mass is 35.5. The van der Waals surface area contributed by atoms with Crippen molar-refractivity contribution in [2.24, 2.45) is 0 Å². The lowest BCUT2D eigenvalue weighted by Gasteiger charge is -2.10. The van der Waals surface area contributed by atoms with Gasteiger partial charge in [-0.05, 0) is 31.8 Å². The standard InChI is InChI=1S/C19H15ClN4O3S2/c20-17-13(23-7-8-28-18(23)22-17)5-6-16(26)27-10-11-9-15(25)24-12-3-1-2-4-14(12)29-19(24)21-11/h5-9H,1-4,10H2/b6-5+. The summed E-state index contributed by atoms with van der Waals surface area (Å²) in [5.74, 6) is -0.543. The van der Waals surface area contributed by atoms with Crippen molar-refractivity contribution in [2.45, 2.75) is 32.3 Å². The number of esters is 1. The molecular weight excluding hydrogens is 432 g/mol. The normalized spacial score (nSPS) is 14.1. The van der Waals surface area contributed by atoms with E-state index in [0.29, 0.717) is 21.5 Å². The summed E-state index contributed by atoms with van der Waals surface area (Å²) < 4.78 is 8.75. The molecule has 4 aromatic heterocycles. The zero-order valence-corrected chi connectivity index (χ0v) is 17.5. The van der Waals surface area contributed by atoms with Crippen molar-refractivity contribution in [3.05, 3.63) is 61.2 Å². The van der Waals surface area contributed by atoms with Crippen LogP contribution in [0.2, 0.25) is 5.15 Å². The number of imidazole rings is 1. The van der Waals surface area contributed by atoms with E-state index < -0.39 is 5.97 Å². The number of carbonyl (C=O) groups excluding carboxylic acids is 1. The largest absolute Gasteiger partial charge is 0.456 e. The lowest BCUT2D eigenvalue weighted by Crippen LogP contribution is -2.18. The highest BCUT2D eigenvalue weighted by Crippen LogP contribution is 2.28. The summed E-state index contributed by atoms with van der Waals surface area (Å²) in [5.41, 5.74) is 2.01. The van der Waals surface area contributed by atoms with Crippen LogP contribution in [-0.4, -0.2) is 24.7 Å². The second-order valence-corrected chi connectivity index (χ2v) is 8.96. The molecule has 0 aromatic carbocycles. The molecule has 29 heavy (non-hydrogen) atoms. The van der Waals surface area contributed by atoms with Crippen molar-refractivity contribution in [3.8, 4) is 0 Å². The van der Waals surface area contributed by atoms with E-state index in [1.165, 1.54) is 28.4 Å². The van der Waals surface area contributed by atoms with E-state index in [2.05, 4.69) is 9.97 Å². The number of fused-ring (bicyclic) bond motifs is 4. The Balaban J connectivity index is 1.32. The molecule has 0 fully saturated rings. The first kappa shape index (κ1) is 18.5. The molecule has 0 saturated carbocycles. The summed E-state index contributed by atoms with van der Waals surface area (Å²) in [6.45, 7) is -0.0640. The Morgan fingerprint density at radius 1 is 1.28 bits per heavy atom. The molecule has 1 aliphatic carbocycles. The smallest absolute Gasteiger partial charge is 0.331 e. The van der Waals surface area contributed by atoms with Crippen LogP contribution in [0.3, 0.4) is 0 Å². The van der Waals surface area contributed by atoms with Crippen LogP contribution in [0, 0.1) is 0 Å². The SMILES string of the molecule is O=C(/C=C/c1c(Cl)nc2sccn12)OCc1cc(=O)n2c3c(sc2n1)CCCC3. The van der Waals surface area contributed by atoms with E-state index in [-0.39, 0.29) is 12.2 Å². The average Bonchev–Trinajstić information content (AvgIpc) is 3.37. The molecule has 4 aromatic rings. The summed E-state index contributed by atoms with van der Waals surface area (Å²) in [7, 11) is 0. The molecule has 0 amide bonds. The molecule has 1 aliphatic rings. The average molecular weight is 447 g/mol. The number of nitrogens with zero attached hydrogens (tertiary/aromatic N) is 4. The predicted octanol–water partition coefficient (Wildman–Crippen LogP) is 3.75. The molecular formula is C19H15ClN4O3S2. The van der Waals surface area contributed by atoms with Gasteiger partial charge in [-0.15, -0.1) is 22.7 Å². The minimum atomic E-state index is -0.543. The number of aromatic nitrogens is 4. The monoisotopic (exact) mass is 446 g/mol. The maximum Gasteiger partial charge on any atom is 0.331 e. The van der Waals surface area contributed by atoms with Crippen LogP contribution in [0.1, 0.15) is 34.8 Å². The number of aryl methyl sites for hydroxylation is 2. The quantitative estimate of drug-likeness (QED) is 0.352. The Bertz CT molecular complexity index is 1330. The Labute approximate surface area is 177 Å². The molecule has 0 radical (unpaired) electrons. The second kappa shape index (κ2) is 7.40. The highest BCUT2D eigenvalue weighted by molar-refractivity contribution is 7.17. The van der Waals surface area contributed by atoms with Gasteiger partial charge in [0.2, 0.25) is 0 Å². The van der Waals surface area contributed by atoms with E-state index >= 15 is 0 Å². The molecule has 0 saturated heterocycles. The Morgan fingerprint density at radius 3 is 3.03 bits per heavy atom. The van der Waals surface area contributed by atoms with E-state index in [0.717, 1.165) is 36.3 Å². The first-order valence-electron chi connectivity index (χ1n) is 9.09. The highest BCUT2D eigenvalue weighted by Gasteiger charge is 2.18. The predicted molar refractivity (Wildman–Crippen MR) is 113 cm³/mol. The van der Waals surface area contributed by atoms with Gasteiger partial charge in [0.25, 0.3) is 5.56 Å². The van der Waals surface area contributed by atoms with Crippen molar-refractivity contribution in [3.63, 3.8) is 0 Å². The maximum atomic E-state index is 12.5. The molecule has 5 rings (SSSR count). The third-order valence-corrected chi connectivity index (χ3v) is 6.99. The first-order valence-corrected chi connectivity index (χ1v) is 11.2. The minimum Gasteiger partial charge on any atom is -0.456 e. The fraction of sp³-hybridized carbons (Fsp3) is 0.263. The van der Waals surface area contributed by atoms with E-state index in [1.54, 1.807) is 26.2 Å². The molecule has 4 heterocycles. The van der Waals surface area contributed by atoms with Gasteiger partial charge in [0.1, 0.15) is 6.61 Å². The van der Waals surface area contributed by atoms with Gasteiger partial charge >= 0.3 is 5.97 Å². The molecule has 10 heteroatoms. The topological polar surface area (TPSA) is 78.0 Å². The summed E-state index contributed by atoms with van der Waals surface area (Å²) in [4.78, 5) is 36.0. The van der Waals surface area contributed by atoms with Crippen molar-refractivity contribution in [1.82, 2.24) is 18.8 Å². The van der Waals surface area contributed by atoms with Gasteiger partial charge in [-0.2, -0.15) is 0 Å². The Kier molecular flexibility index (Phi) is 4.73. The zero-order valence-electron chi connectivity index (χ0n) is 15.1. The molecule has 0 bridgehead atoms. The van der Waals surface area contributed by atoms with Gasteiger partial charge in [0.15, 0.2) is 15.1 Å². The number of hydrogen-bond donors (Lipinski definition) is 0. The van der Waals surface area contributed by atoms with Crippen molar-refractivity contribution in [1.29, 1.82) is 0 Å². The molecule has 0 N–H and O–H groups in total.